The van der Waals surface area contributed by atoms with E-state index in [1.165, 1.54) is 0 Å². The Morgan fingerprint density at radius 3 is 2.78 bits per heavy atom. The van der Waals surface area contributed by atoms with E-state index in [1.807, 2.05) is 37.3 Å². The number of halogens is 1. The van der Waals surface area contributed by atoms with Gasteiger partial charge in [-0.25, -0.2) is 4.68 Å². The highest BCUT2D eigenvalue weighted by Crippen LogP contribution is 2.20. The van der Waals surface area contributed by atoms with Crippen molar-refractivity contribution in [3.8, 4) is 0 Å². The molecule has 1 heterocycles. The van der Waals surface area contributed by atoms with Gasteiger partial charge >= 0.3 is 0 Å². The summed E-state index contributed by atoms with van der Waals surface area (Å²) < 4.78 is 6.90. The van der Waals surface area contributed by atoms with Crippen LogP contribution in [0.15, 0.2) is 30.3 Å². The molecule has 0 saturated heterocycles. The van der Waals surface area contributed by atoms with Gasteiger partial charge in [0.1, 0.15) is 5.15 Å². The van der Waals surface area contributed by atoms with Crippen molar-refractivity contribution in [2.45, 2.75) is 26.8 Å². The van der Waals surface area contributed by atoms with Crippen molar-refractivity contribution in [2.24, 2.45) is 0 Å². The van der Waals surface area contributed by atoms with E-state index in [-0.39, 0.29) is 5.91 Å². The second-order valence-corrected chi connectivity index (χ2v) is 5.56. The number of hydrogen-bond donors (Lipinski definition) is 1. The minimum absolute atomic E-state index is 0.191. The zero-order chi connectivity index (χ0) is 16.7. The first-order valence-electron chi connectivity index (χ1n) is 7.76. The predicted octanol–water partition coefficient (Wildman–Crippen LogP) is 3.05. The molecular weight excluding hydrogens is 314 g/mol. The van der Waals surface area contributed by atoms with Crippen molar-refractivity contribution >= 4 is 17.5 Å². The Bertz CT molecular complexity index is 641. The number of amides is 1. The number of nitrogens with zero attached hydrogens (tertiary/aromatic N) is 2. The van der Waals surface area contributed by atoms with Crippen LogP contribution in [0.25, 0.3) is 0 Å². The Morgan fingerprint density at radius 1 is 1.35 bits per heavy atom. The number of carbonyl (C=O) groups excluding carboxylic acids is 1. The van der Waals surface area contributed by atoms with E-state index < -0.39 is 0 Å². The maximum absolute atomic E-state index is 12.3. The quantitative estimate of drug-likeness (QED) is 0.754. The molecule has 0 atom stereocenters. The van der Waals surface area contributed by atoms with Crippen molar-refractivity contribution in [1.29, 1.82) is 0 Å². The molecule has 6 heteroatoms. The third-order valence-electron chi connectivity index (χ3n) is 3.42. The van der Waals surface area contributed by atoms with Gasteiger partial charge in [-0.05, 0) is 25.8 Å². The molecule has 1 aromatic carbocycles. The van der Waals surface area contributed by atoms with E-state index in [9.17, 15) is 4.79 Å². The van der Waals surface area contributed by atoms with Crippen LogP contribution in [0.2, 0.25) is 5.15 Å². The van der Waals surface area contributed by atoms with Crippen molar-refractivity contribution < 1.29 is 9.53 Å². The molecule has 2 aromatic rings. The third kappa shape index (κ3) is 4.81. The number of benzene rings is 1. The first kappa shape index (κ1) is 17.5. The first-order valence-corrected chi connectivity index (χ1v) is 8.14. The minimum atomic E-state index is -0.191. The molecule has 0 aliphatic heterocycles. The van der Waals surface area contributed by atoms with E-state index in [4.69, 9.17) is 16.3 Å². The van der Waals surface area contributed by atoms with Crippen LogP contribution in [0.3, 0.4) is 0 Å². The van der Waals surface area contributed by atoms with Crippen LogP contribution in [0, 0.1) is 6.92 Å². The number of carbonyl (C=O) groups is 1. The fraction of sp³-hybridized carbons (Fsp3) is 0.412. The van der Waals surface area contributed by atoms with Gasteiger partial charge in [-0.2, -0.15) is 5.10 Å². The average molecular weight is 336 g/mol. The van der Waals surface area contributed by atoms with Gasteiger partial charge in [-0.1, -0.05) is 41.9 Å². The molecule has 5 nitrogen and oxygen atoms in total. The maximum Gasteiger partial charge on any atom is 0.256 e. The van der Waals surface area contributed by atoms with Crippen molar-refractivity contribution in [3.63, 3.8) is 0 Å². The van der Waals surface area contributed by atoms with Crippen molar-refractivity contribution in [1.82, 2.24) is 15.1 Å². The molecule has 0 aliphatic rings. The highest BCUT2D eigenvalue weighted by atomic mass is 35.5. The lowest BCUT2D eigenvalue weighted by Gasteiger charge is -2.06. The maximum atomic E-state index is 12.3. The smallest absolute Gasteiger partial charge is 0.256 e. The number of hydrogen-bond acceptors (Lipinski definition) is 3. The molecule has 1 aromatic heterocycles. The summed E-state index contributed by atoms with van der Waals surface area (Å²) >= 11 is 6.35. The summed E-state index contributed by atoms with van der Waals surface area (Å²) in [6.07, 6.45) is 0.772. The first-order chi connectivity index (χ1) is 11.1. The number of aryl methyl sites for hydroxylation is 1. The third-order valence-corrected chi connectivity index (χ3v) is 3.81. The Balaban J connectivity index is 2.01. The molecule has 0 spiro atoms. The standard InChI is InChI=1S/C17H22ClN3O2/c1-3-23-11-7-10-19-17(22)15-13(2)20-21(16(15)18)12-14-8-5-4-6-9-14/h4-6,8-9H,3,7,10-12H2,1-2H3,(H,19,22). The van der Waals surface area contributed by atoms with E-state index in [0.717, 1.165) is 12.0 Å². The highest BCUT2D eigenvalue weighted by Gasteiger charge is 2.19. The monoisotopic (exact) mass is 335 g/mol. The average Bonchev–Trinajstić information content (AvgIpc) is 2.82. The molecule has 0 bridgehead atoms. The summed E-state index contributed by atoms with van der Waals surface area (Å²) in [6.45, 7) is 6.16. The number of rotatable bonds is 8. The van der Waals surface area contributed by atoms with Crippen LogP contribution in [0.5, 0.6) is 0 Å². The van der Waals surface area contributed by atoms with E-state index >= 15 is 0 Å². The molecule has 1 amide bonds. The number of ether oxygens (including phenoxy) is 1. The van der Waals surface area contributed by atoms with Crippen LogP contribution in [0.4, 0.5) is 0 Å². The van der Waals surface area contributed by atoms with Crippen LogP contribution in [0.1, 0.15) is 35.0 Å². The van der Waals surface area contributed by atoms with Crippen molar-refractivity contribution in [3.05, 3.63) is 52.3 Å². The molecule has 0 fully saturated rings. The van der Waals surface area contributed by atoms with Crippen LogP contribution in [-0.2, 0) is 11.3 Å². The van der Waals surface area contributed by atoms with Gasteiger partial charge in [0.25, 0.3) is 5.91 Å². The van der Waals surface area contributed by atoms with Gasteiger partial charge < -0.3 is 10.1 Å². The fourth-order valence-electron chi connectivity index (χ4n) is 2.28. The zero-order valence-electron chi connectivity index (χ0n) is 13.5. The largest absolute Gasteiger partial charge is 0.382 e. The Morgan fingerprint density at radius 2 is 2.09 bits per heavy atom. The molecule has 0 saturated carbocycles. The molecule has 2 rings (SSSR count). The molecule has 0 aliphatic carbocycles. The van der Waals surface area contributed by atoms with Crippen LogP contribution < -0.4 is 5.32 Å². The predicted molar refractivity (Wildman–Crippen MR) is 91.0 cm³/mol. The zero-order valence-corrected chi connectivity index (χ0v) is 14.3. The van der Waals surface area contributed by atoms with Crippen molar-refractivity contribution in [2.75, 3.05) is 19.8 Å². The lowest BCUT2D eigenvalue weighted by Crippen LogP contribution is -2.26. The van der Waals surface area contributed by atoms with E-state index in [1.54, 1.807) is 11.6 Å². The number of nitrogens with one attached hydrogen (secondary N) is 1. The second kappa shape index (κ2) is 8.70. The minimum Gasteiger partial charge on any atom is -0.382 e. The highest BCUT2D eigenvalue weighted by molar-refractivity contribution is 6.33. The van der Waals surface area contributed by atoms with E-state index in [2.05, 4.69) is 10.4 Å². The van der Waals surface area contributed by atoms with Gasteiger partial charge in [0.2, 0.25) is 0 Å². The molecule has 0 unspecified atom stereocenters. The SMILES string of the molecule is CCOCCCNC(=O)c1c(C)nn(Cc2ccccc2)c1Cl. The molecule has 23 heavy (non-hydrogen) atoms. The summed E-state index contributed by atoms with van der Waals surface area (Å²) in [5.41, 5.74) is 2.16. The Labute approximate surface area is 141 Å². The van der Waals surface area contributed by atoms with Crippen LogP contribution >= 0.6 is 11.6 Å². The summed E-state index contributed by atoms with van der Waals surface area (Å²) in [6, 6.07) is 9.89. The van der Waals surface area contributed by atoms with Gasteiger partial charge in [-0.3, -0.25) is 4.79 Å². The lowest BCUT2D eigenvalue weighted by atomic mass is 10.2. The Kier molecular flexibility index (Phi) is 6.62. The van der Waals surface area contributed by atoms with Gasteiger partial charge in [-0.15, -0.1) is 0 Å². The fourth-order valence-corrected chi connectivity index (χ4v) is 2.60. The molecular formula is C17H22ClN3O2. The normalized spacial score (nSPS) is 10.7. The molecule has 124 valence electrons. The lowest BCUT2D eigenvalue weighted by molar-refractivity contribution is 0.0943. The Hall–Kier alpha value is -1.85. The summed E-state index contributed by atoms with van der Waals surface area (Å²) in [7, 11) is 0. The molecule has 0 radical (unpaired) electrons. The van der Waals surface area contributed by atoms with Gasteiger partial charge in [0.15, 0.2) is 0 Å². The van der Waals surface area contributed by atoms with E-state index in [0.29, 0.717) is 42.7 Å². The second-order valence-electron chi connectivity index (χ2n) is 5.20. The molecule has 1 N–H and O–H groups in total. The summed E-state index contributed by atoms with van der Waals surface area (Å²) in [4.78, 5) is 12.3. The summed E-state index contributed by atoms with van der Waals surface area (Å²) in [5.74, 6) is -0.191. The van der Waals surface area contributed by atoms with Gasteiger partial charge in [0, 0.05) is 19.8 Å². The topological polar surface area (TPSA) is 56.1 Å². The number of aromatic nitrogens is 2. The van der Waals surface area contributed by atoms with Crippen LogP contribution in [-0.4, -0.2) is 35.4 Å². The van der Waals surface area contributed by atoms with Gasteiger partial charge in [0.05, 0.1) is 17.8 Å². The summed E-state index contributed by atoms with van der Waals surface area (Å²) in [5, 5.41) is 7.61.